The molecule has 1 heterocycles. The van der Waals surface area contributed by atoms with E-state index in [1.54, 1.807) is 0 Å². The molecule has 4 nitrogen and oxygen atoms in total. The van der Waals surface area contributed by atoms with E-state index in [9.17, 15) is 10.1 Å². The van der Waals surface area contributed by atoms with Crippen molar-refractivity contribution in [2.24, 2.45) is 5.92 Å². The van der Waals surface area contributed by atoms with Crippen LogP contribution < -0.4 is 0 Å². The summed E-state index contributed by atoms with van der Waals surface area (Å²) in [5.41, 5.74) is 3.30. The summed E-state index contributed by atoms with van der Waals surface area (Å²) in [6, 6.07) is 12.3. The zero-order valence-corrected chi connectivity index (χ0v) is 13.9. The molecule has 4 rings (SSSR count). The minimum atomic E-state index is -0.336. The maximum Gasteiger partial charge on any atom is 0.173 e. The summed E-state index contributed by atoms with van der Waals surface area (Å²) in [7, 11) is 0. The zero-order valence-electron chi connectivity index (χ0n) is 13.9. The predicted octanol–water partition coefficient (Wildman–Crippen LogP) is 3.42. The van der Waals surface area contributed by atoms with E-state index in [1.165, 1.54) is 5.69 Å². The molecule has 2 aromatic rings. The van der Waals surface area contributed by atoms with Crippen LogP contribution in [-0.4, -0.2) is 15.3 Å². The van der Waals surface area contributed by atoms with Gasteiger partial charge in [-0.05, 0) is 37.8 Å². The van der Waals surface area contributed by atoms with Gasteiger partial charge in [-0.25, -0.2) is 4.98 Å². The Hall–Kier alpha value is -2.67. The number of ketones is 1. The molecular formula is C20H19N3O. The monoisotopic (exact) mass is 317 g/mol. The predicted molar refractivity (Wildman–Crippen MR) is 90.8 cm³/mol. The molecule has 2 aliphatic carbocycles. The average Bonchev–Trinajstić information content (AvgIpc) is 2.93. The number of allylic oxidation sites excluding steroid dienone is 2. The number of para-hydroxylation sites is 1. The van der Waals surface area contributed by atoms with Crippen LogP contribution in [0.5, 0.6) is 0 Å². The summed E-state index contributed by atoms with van der Waals surface area (Å²) in [4.78, 5) is 17.0. The molecule has 0 fully saturated rings. The van der Waals surface area contributed by atoms with Gasteiger partial charge in [-0.3, -0.25) is 4.79 Å². The summed E-state index contributed by atoms with van der Waals surface area (Å²) >= 11 is 0. The number of imidazole rings is 1. The second-order valence-electron chi connectivity index (χ2n) is 6.94. The average molecular weight is 317 g/mol. The Morgan fingerprint density at radius 2 is 2.08 bits per heavy atom. The molecule has 2 aliphatic rings. The zero-order chi connectivity index (χ0) is 16.9. The SMILES string of the molecule is Cc1nc2c(n1-c1ccccc1)CCC1CC(=O)C(C#N)=CC21C. The maximum absolute atomic E-state index is 12.1. The molecule has 0 N–H and O–H groups in total. The first-order valence-electron chi connectivity index (χ1n) is 8.35. The number of carbonyl (C=O) groups is 1. The summed E-state index contributed by atoms with van der Waals surface area (Å²) in [5, 5.41) is 9.29. The fraction of sp³-hybridized carbons (Fsp3) is 0.350. The van der Waals surface area contributed by atoms with Gasteiger partial charge in [-0.15, -0.1) is 0 Å². The molecular weight excluding hydrogens is 298 g/mol. The number of hydrogen-bond acceptors (Lipinski definition) is 3. The second kappa shape index (κ2) is 5.17. The van der Waals surface area contributed by atoms with Crippen molar-refractivity contribution in [1.29, 1.82) is 5.26 Å². The number of nitrogens with zero attached hydrogens (tertiary/aromatic N) is 3. The summed E-state index contributed by atoms with van der Waals surface area (Å²) < 4.78 is 2.22. The first kappa shape index (κ1) is 14.9. The third kappa shape index (κ3) is 1.98. The molecule has 0 spiro atoms. The molecule has 1 aromatic heterocycles. The van der Waals surface area contributed by atoms with Crippen molar-refractivity contribution in [2.75, 3.05) is 0 Å². The van der Waals surface area contributed by atoms with Crippen molar-refractivity contribution in [2.45, 2.75) is 38.5 Å². The molecule has 2 unspecified atom stereocenters. The minimum absolute atomic E-state index is 0.0253. The van der Waals surface area contributed by atoms with Crippen molar-refractivity contribution in [3.8, 4) is 11.8 Å². The number of aromatic nitrogens is 2. The number of carbonyl (C=O) groups excluding carboxylic acids is 1. The molecule has 0 bridgehead atoms. The highest BCUT2D eigenvalue weighted by Gasteiger charge is 2.46. The van der Waals surface area contributed by atoms with Crippen LogP contribution >= 0.6 is 0 Å². The normalized spacial score (nSPS) is 25.5. The van der Waals surface area contributed by atoms with Crippen LogP contribution in [0.15, 0.2) is 42.0 Å². The van der Waals surface area contributed by atoms with Gasteiger partial charge in [0, 0.05) is 23.2 Å². The van der Waals surface area contributed by atoms with Crippen molar-refractivity contribution in [1.82, 2.24) is 9.55 Å². The van der Waals surface area contributed by atoms with Gasteiger partial charge in [0.15, 0.2) is 5.78 Å². The lowest BCUT2D eigenvalue weighted by Gasteiger charge is -2.41. The van der Waals surface area contributed by atoms with E-state index in [1.807, 2.05) is 31.2 Å². The first-order chi connectivity index (χ1) is 11.5. The van der Waals surface area contributed by atoms with Crippen molar-refractivity contribution in [3.63, 3.8) is 0 Å². The van der Waals surface area contributed by atoms with Gasteiger partial charge in [-0.1, -0.05) is 31.2 Å². The number of nitriles is 1. The second-order valence-corrected chi connectivity index (χ2v) is 6.94. The lowest BCUT2D eigenvalue weighted by Crippen LogP contribution is -2.40. The van der Waals surface area contributed by atoms with Crippen molar-refractivity contribution in [3.05, 3.63) is 59.2 Å². The maximum atomic E-state index is 12.1. The number of hydrogen-bond donors (Lipinski definition) is 0. The van der Waals surface area contributed by atoms with Crippen LogP contribution in [0.25, 0.3) is 5.69 Å². The van der Waals surface area contributed by atoms with E-state index in [0.717, 1.165) is 30.0 Å². The van der Waals surface area contributed by atoms with Gasteiger partial charge in [-0.2, -0.15) is 5.26 Å². The Morgan fingerprint density at radius 1 is 1.33 bits per heavy atom. The van der Waals surface area contributed by atoms with Crippen LogP contribution in [0.1, 0.15) is 37.0 Å². The Kier molecular flexibility index (Phi) is 3.21. The number of aryl methyl sites for hydroxylation is 1. The topological polar surface area (TPSA) is 58.7 Å². The molecule has 0 saturated heterocycles. The fourth-order valence-electron chi connectivity index (χ4n) is 4.27. The highest BCUT2D eigenvalue weighted by atomic mass is 16.1. The minimum Gasteiger partial charge on any atom is -0.301 e. The van der Waals surface area contributed by atoms with Crippen molar-refractivity contribution < 1.29 is 4.79 Å². The molecule has 2 atom stereocenters. The largest absolute Gasteiger partial charge is 0.301 e. The first-order valence-corrected chi connectivity index (χ1v) is 8.35. The summed E-state index contributed by atoms with van der Waals surface area (Å²) in [6.07, 6.45) is 4.17. The molecule has 0 amide bonds. The number of fused-ring (bicyclic) bond motifs is 3. The molecule has 0 saturated carbocycles. The van der Waals surface area contributed by atoms with Crippen LogP contribution in [0.3, 0.4) is 0 Å². The summed E-state index contributed by atoms with van der Waals surface area (Å²) in [5.74, 6) is 1.16. The highest BCUT2D eigenvalue weighted by molar-refractivity contribution is 6.00. The van der Waals surface area contributed by atoms with E-state index >= 15 is 0 Å². The van der Waals surface area contributed by atoms with Gasteiger partial charge >= 0.3 is 0 Å². The van der Waals surface area contributed by atoms with Crippen LogP contribution in [-0.2, 0) is 16.6 Å². The standard InChI is InChI=1S/C20H19N3O/c1-13-22-19-17(23(13)16-6-4-3-5-7-16)9-8-15-10-18(24)14(12-21)11-20(15,19)2/h3-7,11,15H,8-10H2,1-2H3. The van der Waals surface area contributed by atoms with E-state index in [2.05, 4.69) is 29.7 Å². The number of Topliss-reactive ketones (excluding diaryl/α,β-unsaturated/α-hetero) is 1. The van der Waals surface area contributed by atoms with Crippen LogP contribution in [0.2, 0.25) is 0 Å². The smallest absolute Gasteiger partial charge is 0.173 e. The Morgan fingerprint density at radius 3 is 2.79 bits per heavy atom. The van der Waals surface area contributed by atoms with Gasteiger partial charge in [0.2, 0.25) is 0 Å². The number of benzene rings is 1. The Bertz CT molecular complexity index is 901. The van der Waals surface area contributed by atoms with Crippen LogP contribution in [0, 0.1) is 24.2 Å². The molecule has 4 heteroatoms. The molecule has 0 aliphatic heterocycles. The lowest BCUT2D eigenvalue weighted by molar-refractivity contribution is -0.117. The van der Waals surface area contributed by atoms with E-state index in [0.29, 0.717) is 6.42 Å². The highest BCUT2D eigenvalue weighted by Crippen LogP contribution is 2.47. The van der Waals surface area contributed by atoms with Gasteiger partial charge in [0.1, 0.15) is 11.9 Å². The van der Waals surface area contributed by atoms with Gasteiger partial charge < -0.3 is 4.57 Å². The summed E-state index contributed by atoms with van der Waals surface area (Å²) in [6.45, 7) is 4.15. The van der Waals surface area contributed by atoms with Gasteiger partial charge in [0.05, 0.1) is 11.3 Å². The van der Waals surface area contributed by atoms with E-state index < -0.39 is 0 Å². The van der Waals surface area contributed by atoms with E-state index in [-0.39, 0.29) is 22.7 Å². The molecule has 0 radical (unpaired) electrons. The number of rotatable bonds is 1. The Labute approximate surface area is 141 Å². The van der Waals surface area contributed by atoms with Crippen LogP contribution in [0.4, 0.5) is 0 Å². The van der Waals surface area contributed by atoms with Crippen molar-refractivity contribution >= 4 is 5.78 Å². The third-order valence-corrected chi connectivity index (χ3v) is 5.54. The third-order valence-electron chi connectivity index (χ3n) is 5.54. The molecule has 1 aromatic carbocycles. The van der Waals surface area contributed by atoms with E-state index in [4.69, 9.17) is 4.98 Å². The molecule has 120 valence electrons. The Balaban J connectivity index is 1.93. The quantitative estimate of drug-likeness (QED) is 0.809. The van der Waals surface area contributed by atoms with Gasteiger partial charge in [0.25, 0.3) is 0 Å². The lowest BCUT2D eigenvalue weighted by atomic mass is 9.62. The fourth-order valence-corrected chi connectivity index (χ4v) is 4.27. The molecule has 24 heavy (non-hydrogen) atoms.